The molecular formula is C27H26ClN3O4. The predicted molar refractivity (Wildman–Crippen MR) is 137 cm³/mol. The predicted octanol–water partition coefficient (Wildman–Crippen LogP) is 3.97. The van der Waals surface area contributed by atoms with E-state index in [1.54, 1.807) is 42.0 Å². The average Bonchev–Trinajstić information content (AvgIpc) is 2.88. The number of halogens is 1. The fraction of sp³-hybridized carbons (Fsp3) is 0.222. The number of fused-ring (bicyclic) bond motifs is 1. The highest BCUT2D eigenvalue weighted by atomic mass is 35.5. The highest BCUT2D eigenvalue weighted by molar-refractivity contribution is 6.31. The lowest BCUT2D eigenvalue weighted by Crippen LogP contribution is -2.40. The third kappa shape index (κ3) is 5.46. The van der Waals surface area contributed by atoms with E-state index in [2.05, 4.69) is 5.32 Å². The number of nitrogens with zero attached hydrogens (tertiary/aromatic N) is 2. The van der Waals surface area contributed by atoms with Gasteiger partial charge in [0.15, 0.2) is 0 Å². The number of hydrogen-bond donors (Lipinski definition) is 1. The Bertz CT molecular complexity index is 1480. The van der Waals surface area contributed by atoms with Gasteiger partial charge in [0.2, 0.25) is 5.91 Å². The van der Waals surface area contributed by atoms with Gasteiger partial charge in [0.1, 0.15) is 5.75 Å². The molecule has 0 unspecified atom stereocenters. The van der Waals surface area contributed by atoms with E-state index in [0.29, 0.717) is 34.6 Å². The van der Waals surface area contributed by atoms with E-state index in [-0.39, 0.29) is 31.0 Å². The summed E-state index contributed by atoms with van der Waals surface area (Å²) >= 11 is 6.32. The van der Waals surface area contributed by atoms with Crippen molar-refractivity contribution in [1.82, 2.24) is 14.5 Å². The van der Waals surface area contributed by atoms with E-state index in [4.69, 9.17) is 16.3 Å². The normalized spacial score (nSPS) is 10.9. The Morgan fingerprint density at radius 1 is 0.914 bits per heavy atom. The van der Waals surface area contributed by atoms with Crippen molar-refractivity contribution < 1.29 is 9.53 Å². The Hall–Kier alpha value is -3.84. The topological polar surface area (TPSA) is 82.3 Å². The number of para-hydroxylation sites is 2. The molecule has 0 saturated heterocycles. The number of rotatable bonds is 9. The van der Waals surface area contributed by atoms with Gasteiger partial charge in [-0.2, -0.15) is 0 Å². The maximum atomic E-state index is 13.3. The van der Waals surface area contributed by atoms with E-state index in [1.807, 2.05) is 42.5 Å². The first-order valence-electron chi connectivity index (χ1n) is 11.3. The minimum Gasteiger partial charge on any atom is -0.496 e. The number of nitrogens with one attached hydrogen (secondary N) is 1. The molecule has 180 valence electrons. The number of benzene rings is 3. The van der Waals surface area contributed by atoms with Crippen LogP contribution in [0.15, 0.2) is 82.4 Å². The second kappa shape index (κ2) is 11.1. The van der Waals surface area contributed by atoms with Gasteiger partial charge in [-0.05, 0) is 36.2 Å². The Kier molecular flexibility index (Phi) is 7.67. The van der Waals surface area contributed by atoms with Crippen LogP contribution in [-0.2, 0) is 24.4 Å². The summed E-state index contributed by atoms with van der Waals surface area (Å²) in [7, 11) is 1.58. The van der Waals surface area contributed by atoms with Gasteiger partial charge in [-0.15, -0.1) is 0 Å². The van der Waals surface area contributed by atoms with Gasteiger partial charge >= 0.3 is 5.69 Å². The third-order valence-corrected chi connectivity index (χ3v) is 6.24. The summed E-state index contributed by atoms with van der Waals surface area (Å²) in [5.41, 5.74) is 1.41. The molecule has 1 heterocycles. The Morgan fingerprint density at radius 2 is 1.60 bits per heavy atom. The van der Waals surface area contributed by atoms with Crippen molar-refractivity contribution in [1.29, 1.82) is 0 Å². The molecule has 4 aromatic rings. The van der Waals surface area contributed by atoms with Crippen LogP contribution in [0.2, 0.25) is 5.02 Å². The standard InChI is InChI=1S/C27H26ClN3O4/c1-35-24-14-7-3-9-19(24)17-29-25(32)15-8-16-30-26(33)21-11-4-6-13-23(21)31(27(30)34)18-20-10-2-5-12-22(20)28/h2-7,9-14H,8,15-18H2,1H3,(H,29,32). The molecule has 0 radical (unpaired) electrons. The number of carbonyl (C=O) groups is 1. The van der Waals surface area contributed by atoms with E-state index < -0.39 is 5.69 Å². The zero-order chi connectivity index (χ0) is 24.8. The molecule has 8 heteroatoms. The smallest absolute Gasteiger partial charge is 0.331 e. The van der Waals surface area contributed by atoms with Crippen LogP contribution >= 0.6 is 11.6 Å². The molecule has 0 saturated carbocycles. The van der Waals surface area contributed by atoms with E-state index in [1.165, 1.54) is 4.57 Å². The van der Waals surface area contributed by atoms with Gasteiger partial charge in [0.25, 0.3) is 5.56 Å². The highest BCUT2D eigenvalue weighted by Crippen LogP contribution is 2.18. The quantitative estimate of drug-likeness (QED) is 0.384. The van der Waals surface area contributed by atoms with Crippen LogP contribution in [0.25, 0.3) is 10.9 Å². The van der Waals surface area contributed by atoms with Crippen LogP contribution in [-0.4, -0.2) is 22.2 Å². The average molecular weight is 492 g/mol. The first-order valence-corrected chi connectivity index (χ1v) is 11.7. The van der Waals surface area contributed by atoms with Crippen molar-refractivity contribution >= 4 is 28.4 Å². The number of ether oxygens (including phenoxy) is 1. The maximum Gasteiger partial charge on any atom is 0.331 e. The summed E-state index contributed by atoms with van der Waals surface area (Å²) in [6.45, 7) is 0.704. The first kappa shape index (κ1) is 24.3. The van der Waals surface area contributed by atoms with Gasteiger partial charge in [-0.25, -0.2) is 4.79 Å². The van der Waals surface area contributed by atoms with Crippen molar-refractivity contribution in [3.63, 3.8) is 0 Å². The molecule has 0 bridgehead atoms. The van der Waals surface area contributed by atoms with Crippen LogP contribution in [0, 0.1) is 0 Å². The molecule has 0 aliphatic rings. The minimum absolute atomic E-state index is 0.132. The van der Waals surface area contributed by atoms with Crippen LogP contribution in [0.4, 0.5) is 0 Å². The molecule has 3 aromatic carbocycles. The second-order valence-electron chi connectivity index (χ2n) is 8.13. The molecular weight excluding hydrogens is 466 g/mol. The molecule has 4 rings (SSSR count). The molecule has 35 heavy (non-hydrogen) atoms. The van der Waals surface area contributed by atoms with Crippen molar-refractivity contribution in [2.45, 2.75) is 32.5 Å². The molecule has 1 amide bonds. The fourth-order valence-electron chi connectivity index (χ4n) is 4.05. The largest absolute Gasteiger partial charge is 0.496 e. The number of methoxy groups -OCH3 is 1. The molecule has 0 spiro atoms. The van der Waals surface area contributed by atoms with Crippen molar-refractivity contribution in [2.24, 2.45) is 0 Å². The molecule has 1 N–H and O–H groups in total. The fourth-order valence-corrected chi connectivity index (χ4v) is 4.24. The zero-order valence-corrected chi connectivity index (χ0v) is 20.1. The van der Waals surface area contributed by atoms with Crippen molar-refractivity contribution in [3.8, 4) is 5.75 Å². The summed E-state index contributed by atoms with van der Waals surface area (Å²) in [6.07, 6.45) is 0.524. The van der Waals surface area contributed by atoms with Crippen LogP contribution in [0.5, 0.6) is 5.75 Å². The number of aromatic nitrogens is 2. The molecule has 0 aliphatic carbocycles. The Labute approximate surface area is 207 Å². The minimum atomic E-state index is -0.428. The summed E-state index contributed by atoms with van der Waals surface area (Å²) in [5, 5.41) is 3.86. The molecule has 0 aliphatic heterocycles. The SMILES string of the molecule is COc1ccccc1CNC(=O)CCCn1c(=O)c2ccccc2n(Cc2ccccc2Cl)c1=O. The summed E-state index contributed by atoms with van der Waals surface area (Å²) in [5.74, 6) is 0.538. The van der Waals surface area contributed by atoms with Crippen molar-refractivity contribution in [3.05, 3.63) is 110 Å². The first-order chi connectivity index (χ1) is 17.0. The van der Waals surface area contributed by atoms with E-state index in [9.17, 15) is 14.4 Å². The number of carbonyl (C=O) groups excluding carboxylic acids is 1. The monoisotopic (exact) mass is 491 g/mol. The van der Waals surface area contributed by atoms with Crippen molar-refractivity contribution in [2.75, 3.05) is 7.11 Å². The number of hydrogen-bond acceptors (Lipinski definition) is 4. The number of amides is 1. The van der Waals surface area contributed by atoms with Crippen LogP contribution in [0.1, 0.15) is 24.0 Å². The van der Waals surface area contributed by atoms with E-state index in [0.717, 1.165) is 11.1 Å². The summed E-state index contributed by atoms with van der Waals surface area (Å²) in [4.78, 5) is 38.8. The van der Waals surface area contributed by atoms with Crippen LogP contribution in [0.3, 0.4) is 0 Å². The second-order valence-corrected chi connectivity index (χ2v) is 8.53. The summed E-state index contributed by atoms with van der Waals surface area (Å²) < 4.78 is 8.06. The lowest BCUT2D eigenvalue weighted by atomic mass is 10.2. The van der Waals surface area contributed by atoms with E-state index >= 15 is 0 Å². The molecule has 0 atom stereocenters. The molecule has 0 fully saturated rings. The van der Waals surface area contributed by atoms with Gasteiger partial charge in [0, 0.05) is 30.1 Å². The summed E-state index contributed by atoms with van der Waals surface area (Å²) in [6, 6.07) is 21.8. The zero-order valence-electron chi connectivity index (χ0n) is 19.4. The lowest BCUT2D eigenvalue weighted by molar-refractivity contribution is -0.121. The van der Waals surface area contributed by atoms with Gasteiger partial charge in [0.05, 0.1) is 24.6 Å². The van der Waals surface area contributed by atoms with Gasteiger partial charge in [-0.3, -0.25) is 18.7 Å². The molecule has 7 nitrogen and oxygen atoms in total. The third-order valence-electron chi connectivity index (χ3n) is 5.87. The Balaban J connectivity index is 1.51. The highest BCUT2D eigenvalue weighted by Gasteiger charge is 2.14. The Morgan fingerprint density at radius 3 is 2.37 bits per heavy atom. The van der Waals surface area contributed by atoms with Crippen LogP contribution < -0.4 is 21.3 Å². The molecule has 1 aromatic heterocycles. The maximum absolute atomic E-state index is 13.3. The lowest BCUT2D eigenvalue weighted by Gasteiger charge is -2.15. The van der Waals surface area contributed by atoms with Gasteiger partial charge < -0.3 is 10.1 Å². The van der Waals surface area contributed by atoms with Gasteiger partial charge in [-0.1, -0.05) is 60.1 Å².